The van der Waals surface area contributed by atoms with E-state index in [0.717, 1.165) is 12.8 Å². The Kier molecular flexibility index (Phi) is 3.01. The van der Waals surface area contributed by atoms with Crippen LogP contribution in [0.4, 0.5) is 0 Å². The lowest BCUT2D eigenvalue weighted by Gasteiger charge is -2.07. The fourth-order valence-corrected chi connectivity index (χ4v) is 5.90. The molecule has 0 unspecified atom stereocenters. The lowest BCUT2D eigenvalue weighted by molar-refractivity contribution is 0.992. The molecule has 32 heavy (non-hydrogen) atoms. The van der Waals surface area contributed by atoms with Gasteiger partial charge in [0.2, 0.25) is 0 Å². The van der Waals surface area contributed by atoms with Crippen LogP contribution in [0.3, 0.4) is 0 Å². The average molecular weight is 409 g/mol. The van der Waals surface area contributed by atoms with Crippen LogP contribution in [0.5, 0.6) is 0 Å². The summed E-state index contributed by atoms with van der Waals surface area (Å²) in [5.74, 6) is 0. The van der Waals surface area contributed by atoms with Crippen LogP contribution in [-0.4, -0.2) is 9.38 Å². The molecule has 1 aliphatic rings. The van der Waals surface area contributed by atoms with Gasteiger partial charge in [0.05, 0.1) is 16.6 Å². The number of H-pyrrole nitrogens is 1. The standard InChI is InChI=1S/C30H20N2/c1-3-10-26-20(6-1)24-16-18(12-14-27(24)31-26)19-13-15-29-25(17-19)23-9-5-8-22-21-7-2-4-11-28(21)32(29)30(22)23/h2-5,7-17,31H,1,6H2. The molecule has 0 fully saturated rings. The molecule has 7 aromatic rings. The van der Waals surface area contributed by atoms with Gasteiger partial charge >= 0.3 is 0 Å². The van der Waals surface area contributed by atoms with Gasteiger partial charge in [-0.3, -0.25) is 0 Å². The summed E-state index contributed by atoms with van der Waals surface area (Å²) in [5, 5.41) is 6.69. The summed E-state index contributed by atoms with van der Waals surface area (Å²) in [4.78, 5) is 3.58. The third-order valence-electron chi connectivity index (χ3n) is 7.34. The molecule has 8 rings (SSSR count). The quantitative estimate of drug-likeness (QED) is 0.284. The molecule has 1 aliphatic carbocycles. The summed E-state index contributed by atoms with van der Waals surface area (Å²) in [6.45, 7) is 0. The van der Waals surface area contributed by atoms with Crippen LogP contribution in [0.25, 0.3) is 66.2 Å². The third-order valence-corrected chi connectivity index (χ3v) is 7.34. The number of rotatable bonds is 1. The van der Waals surface area contributed by atoms with Crippen molar-refractivity contribution in [3.05, 3.63) is 96.2 Å². The van der Waals surface area contributed by atoms with Gasteiger partial charge in [0, 0.05) is 38.1 Å². The number of hydrogen-bond donors (Lipinski definition) is 1. The summed E-state index contributed by atoms with van der Waals surface area (Å²) in [6.07, 6.45) is 6.73. The van der Waals surface area contributed by atoms with Crippen molar-refractivity contribution in [1.29, 1.82) is 0 Å². The molecule has 4 aromatic carbocycles. The van der Waals surface area contributed by atoms with Crippen molar-refractivity contribution in [3.63, 3.8) is 0 Å². The zero-order chi connectivity index (χ0) is 20.8. The highest BCUT2D eigenvalue weighted by Gasteiger charge is 2.18. The first-order valence-corrected chi connectivity index (χ1v) is 11.4. The molecule has 0 aliphatic heterocycles. The Balaban J connectivity index is 1.42. The second kappa shape index (κ2) is 5.80. The smallest absolute Gasteiger partial charge is 0.0620 e. The van der Waals surface area contributed by atoms with Crippen LogP contribution in [-0.2, 0) is 6.42 Å². The van der Waals surface area contributed by atoms with Gasteiger partial charge < -0.3 is 9.38 Å². The number of aromatic nitrogens is 2. The van der Waals surface area contributed by atoms with Crippen molar-refractivity contribution in [1.82, 2.24) is 9.38 Å². The van der Waals surface area contributed by atoms with Crippen LogP contribution in [0, 0.1) is 0 Å². The van der Waals surface area contributed by atoms with Gasteiger partial charge in [-0.2, -0.15) is 0 Å². The first-order valence-electron chi connectivity index (χ1n) is 11.4. The van der Waals surface area contributed by atoms with Gasteiger partial charge in [0.25, 0.3) is 0 Å². The Bertz CT molecular complexity index is 1880. The zero-order valence-electron chi connectivity index (χ0n) is 17.5. The highest BCUT2D eigenvalue weighted by atomic mass is 14.9. The lowest BCUT2D eigenvalue weighted by atomic mass is 9.97. The average Bonchev–Trinajstić information content (AvgIpc) is 3.50. The maximum absolute atomic E-state index is 3.58. The number of hydrogen-bond acceptors (Lipinski definition) is 0. The van der Waals surface area contributed by atoms with E-state index in [2.05, 4.69) is 100 Å². The normalized spacial score (nSPS) is 13.9. The van der Waals surface area contributed by atoms with E-state index in [0.29, 0.717) is 0 Å². The van der Waals surface area contributed by atoms with E-state index in [1.165, 1.54) is 71.4 Å². The molecule has 0 amide bonds. The number of fused-ring (bicyclic) bond motifs is 9. The SMILES string of the molecule is C1=Cc2[nH]c3ccc(-c4ccc5c(c4)c4cccc6c7ccccc7n5c64)cc3c2CC1. The summed E-state index contributed by atoms with van der Waals surface area (Å²) in [7, 11) is 0. The number of aryl methyl sites for hydroxylation is 1. The lowest BCUT2D eigenvalue weighted by Crippen LogP contribution is -1.90. The number of para-hydroxylation sites is 2. The molecule has 2 heteroatoms. The minimum Gasteiger partial charge on any atom is -0.355 e. The summed E-state index contributed by atoms with van der Waals surface area (Å²) in [6, 6.07) is 29.3. The van der Waals surface area contributed by atoms with Crippen LogP contribution in [0.15, 0.2) is 84.9 Å². The molecular formula is C30H20N2. The molecule has 3 aromatic heterocycles. The van der Waals surface area contributed by atoms with E-state index >= 15 is 0 Å². The van der Waals surface area contributed by atoms with Crippen LogP contribution < -0.4 is 0 Å². The molecular weight excluding hydrogens is 388 g/mol. The maximum Gasteiger partial charge on any atom is 0.0620 e. The van der Waals surface area contributed by atoms with Gasteiger partial charge in [-0.25, -0.2) is 0 Å². The fraction of sp³-hybridized carbons (Fsp3) is 0.0667. The molecule has 0 saturated heterocycles. The van der Waals surface area contributed by atoms with Crippen molar-refractivity contribution in [2.24, 2.45) is 0 Å². The predicted molar refractivity (Wildman–Crippen MR) is 136 cm³/mol. The first-order chi connectivity index (χ1) is 15.9. The van der Waals surface area contributed by atoms with Crippen molar-refractivity contribution in [2.45, 2.75) is 12.8 Å². The topological polar surface area (TPSA) is 20.2 Å². The highest BCUT2D eigenvalue weighted by molar-refractivity contribution is 6.23. The van der Waals surface area contributed by atoms with Crippen LogP contribution >= 0.6 is 0 Å². The van der Waals surface area contributed by atoms with Crippen LogP contribution in [0.2, 0.25) is 0 Å². The molecule has 0 atom stereocenters. The number of nitrogens with one attached hydrogen (secondary N) is 1. The Morgan fingerprint density at radius 2 is 1.41 bits per heavy atom. The van der Waals surface area contributed by atoms with Crippen molar-refractivity contribution in [3.8, 4) is 11.1 Å². The van der Waals surface area contributed by atoms with E-state index in [4.69, 9.17) is 0 Å². The number of benzene rings is 4. The third kappa shape index (κ3) is 2.00. The molecule has 2 nitrogen and oxygen atoms in total. The largest absolute Gasteiger partial charge is 0.355 e. The summed E-state index contributed by atoms with van der Waals surface area (Å²) < 4.78 is 2.44. The van der Waals surface area contributed by atoms with E-state index in [9.17, 15) is 0 Å². The maximum atomic E-state index is 3.58. The van der Waals surface area contributed by atoms with E-state index in [1.807, 2.05) is 0 Å². The van der Waals surface area contributed by atoms with E-state index < -0.39 is 0 Å². The Morgan fingerprint density at radius 1 is 0.656 bits per heavy atom. The van der Waals surface area contributed by atoms with Gasteiger partial charge in [0.1, 0.15) is 0 Å². The van der Waals surface area contributed by atoms with Gasteiger partial charge in [-0.15, -0.1) is 0 Å². The molecule has 150 valence electrons. The Labute approximate surface area is 184 Å². The number of aromatic amines is 1. The number of nitrogens with zero attached hydrogens (tertiary/aromatic N) is 1. The zero-order valence-corrected chi connectivity index (χ0v) is 17.5. The minimum atomic E-state index is 1.12. The monoisotopic (exact) mass is 408 g/mol. The molecule has 0 saturated carbocycles. The number of allylic oxidation sites excluding steroid dienone is 1. The second-order valence-corrected chi connectivity index (χ2v) is 9.00. The Morgan fingerprint density at radius 3 is 2.34 bits per heavy atom. The van der Waals surface area contributed by atoms with Gasteiger partial charge in [-0.05, 0) is 65.9 Å². The molecule has 0 spiro atoms. The molecule has 0 radical (unpaired) electrons. The van der Waals surface area contributed by atoms with Gasteiger partial charge in [-0.1, -0.05) is 54.6 Å². The van der Waals surface area contributed by atoms with Crippen molar-refractivity contribution in [2.75, 3.05) is 0 Å². The first kappa shape index (κ1) is 16.6. The fourth-order valence-electron chi connectivity index (χ4n) is 5.90. The molecule has 1 N–H and O–H groups in total. The second-order valence-electron chi connectivity index (χ2n) is 9.00. The van der Waals surface area contributed by atoms with Crippen molar-refractivity contribution < 1.29 is 0 Å². The minimum absolute atomic E-state index is 1.12. The summed E-state index contributed by atoms with van der Waals surface area (Å²) in [5.41, 5.74) is 10.4. The molecule has 0 bridgehead atoms. The predicted octanol–water partition coefficient (Wildman–Crippen LogP) is 7.94. The van der Waals surface area contributed by atoms with Crippen LogP contribution in [0.1, 0.15) is 17.7 Å². The van der Waals surface area contributed by atoms with Gasteiger partial charge in [0.15, 0.2) is 0 Å². The Hall–Kier alpha value is -4.04. The summed E-state index contributed by atoms with van der Waals surface area (Å²) >= 11 is 0. The highest BCUT2D eigenvalue weighted by Crippen LogP contribution is 2.40. The van der Waals surface area contributed by atoms with E-state index in [-0.39, 0.29) is 0 Å². The molecule has 3 heterocycles. The van der Waals surface area contributed by atoms with Crippen molar-refractivity contribution >= 4 is 55.1 Å². The van der Waals surface area contributed by atoms with E-state index in [1.54, 1.807) is 0 Å².